The van der Waals surface area contributed by atoms with Gasteiger partial charge in [-0.15, -0.1) is 0 Å². The van der Waals surface area contributed by atoms with Crippen molar-refractivity contribution in [2.24, 2.45) is 0 Å². The lowest BCUT2D eigenvalue weighted by Gasteiger charge is -2.08. The van der Waals surface area contributed by atoms with E-state index < -0.39 is 18.5 Å². The van der Waals surface area contributed by atoms with Crippen LogP contribution in [0.4, 0.5) is 0 Å². The van der Waals surface area contributed by atoms with Gasteiger partial charge in [0.15, 0.2) is 6.61 Å². The number of furan rings is 1. The van der Waals surface area contributed by atoms with Gasteiger partial charge in [0.05, 0.1) is 35.1 Å². The van der Waals surface area contributed by atoms with Gasteiger partial charge >= 0.3 is 5.97 Å². The van der Waals surface area contributed by atoms with Crippen molar-refractivity contribution in [3.63, 3.8) is 0 Å². The number of ether oxygens (including phenoxy) is 1. The van der Waals surface area contributed by atoms with E-state index in [4.69, 9.17) is 13.7 Å². The van der Waals surface area contributed by atoms with Crippen molar-refractivity contribution in [2.75, 3.05) is 6.61 Å². The molecule has 0 aliphatic carbocycles. The van der Waals surface area contributed by atoms with E-state index in [1.54, 1.807) is 25.1 Å². The van der Waals surface area contributed by atoms with Gasteiger partial charge in [-0.2, -0.15) is 0 Å². The Balaban J connectivity index is 1.54. The third kappa shape index (κ3) is 4.07. The topological polar surface area (TPSA) is 107 Å². The van der Waals surface area contributed by atoms with E-state index >= 15 is 0 Å². The summed E-state index contributed by atoms with van der Waals surface area (Å²) in [6.45, 7) is 3.49. The molecule has 0 aliphatic heterocycles. The third-order valence-electron chi connectivity index (χ3n) is 4.56. The Morgan fingerprint density at radius 2 is 1.93 bits per heavy atom. The van der Waals surface area contributed by atoms with E-state index in [9.17, 15) is 9.59 Å². The number of carbonyl (C=O) groups is 2. The van der Waals surface area contributed by atoms with Crippen LogP contribution in [-0.4, -0.2) is 28.6 Å². The lowest BCUT2D eigenvalue weighted by molar-refractivity contribution is -0.124. The summed E-state index contributed by atoms with van der Waals surface area (Å²) in [6.07, 6.45) is 1.52. The predicted octanol–water partition coefficient (Wildman–Crippen LogP) is 3.57. The summed E-state index contributed by atoms with van der Waals surface area (Å²) >= 11 is 0. The molecule has 0 bridgehead atoms. The number of rotatable bonds is 6. The fraction of sp³-hybridized carbons (Fsp3) is 0.182. The highest BCUT2D eigenvalue weighted by atomic mass is 16.5. The van der Waals surface area contributed by atoms with E-state index in [1.165, 1.54) is 6.26 Å². The van der Waals surface area contributed by atoms with Crippen LogP contribution in [0.15, 0.2) is 57.7 Å². The summed E-state index contributed by atoms with van der Waals surface area (Å²) < 4.78 is 15.6. The number of nitrogens with zero attached hydrogens (tertiary/aromatic N) is 2. The first-order chi connectivity index (χ1) is 14.5. The Labute approximate surface area is 171 Å². The Hall–Kier alpha value is -3.94. The number of amides is 1. The second-order valence-corrected chi connectivity index (χ2v) is 6.80. The van der Waals surface area contributed by atoms with Crippen molar-refractivity contribution < 1.29 is 23.3 Å². The molecule has 4 rings (SSSR count). The number of hydrogen-bond acceptors (Lipinski definition) is 7. The molecule has 0 aliphatic rings. The lowest BCUT2D eigenvalue weighted by Crippen LogP contribution is -2.28. The fourth-order valence-corrected chi connectivity index (χ4v) is 2.99. The molecule has 3 aromatic heterocycles. The SMILES string of the molecule is Cc1ccc(-c2cc(C(=O)OCC(=O)NCc3ccco3)c3c(C)noc3n2)cc1. The highest BCUT2D eigenvalue weighted by Crippen LogP contribution is 2.27. The number of esters is 1. The number of aryl methyl sites for hydroxylation is 2. The number of aromatic nitrogens is 2. The van der Waals surface area contributed by atoms with Gasteiger partial charge in [-0.3, -0.25) is 4.79 Å². The minimum Gasteiger partial charge on any atom is -0.467 e. The average Bonchev–Trinajstić information content (AvgIpc) is 3.40. The molecule has 1 N–H and O–H groups in total. The van der Waals surface area contributed by atoms with Crippen molar-refractivity contribution in [3.05, 3.63) is 71.3 Å². The second-order valence-electron chi connectivity index (χ2n) is 6.80. The van der Waals surface area contributed by atoms with E-state index in [-0.39, 0.29) is 17.8 Å². The van der Waals surface area contributed by atoms with Crippen molar-refractivity contribution in [3.8, 4) is 11.3 Å². The summed E-state index contributed by atoms with van der Waals surface area (Å²) in [5.74, 6) is -0.491. The van der Waals surface area contributed by atoms with Crippen LogP contribution >= 0.6 is 0 Å². The quantitative estimate of drug-likeness (QED) is 0.489. The van der Waals surface area contributed by atoms with Gasteiger partial charge in [-0.05, 0) is 32.0 Å². The number of carbonyl (C=O) groups excluding carboxylic acids is 2. The Morgan fingerprint density at radius 3 is 2.67 bits per heavy atom. The van der Waals surface area contributed by atoms with Crippen LogP contribution in [0.3, 0.4) is 0 Å². The minimum absolute atomic E-state index is 0.214. The van der Waals surface area contributed by atoms with Crippen LogP contribution in [-0.2, 0) is 16.1 Å². The highest BCUT2D eigenvalue weighted by Gasteiger charge is 2.21. The Kier molecular flexibility index (Phi) is 5.30. The molecule has 8 heteroatoms. The Morgan fingerprint density at radius 1 is 1.13 bits per heavy atom. The van der Waals surface area contributed by atoms with Gasteiger partial charge in [-0.1, -0.05) is 35.0 Å². The Bertz CT molecular complexity index is 1190. The maximum absolute atomic E-state index is 12.8. The first kappa shape index (κ1) is 19.4. The molecule has 3 heterocycles. The van der Waals surface area contributed by atoms with Crippen molar-refractivity contribution in [1.29, 1.82) is 0 Å². The summed E-state index contributed by atoms with van der Waals surface area (Å²) in [5, 5.41) is 7.00. The van der Waals surface area contributed by atoms with Crippen LogP contribution in [0.25, 0.3) is 22.4 Å². The number of nitrogens with one attached hydrogen (secondary N) is 1. The van der Waals surface area contributed by atoms with Crippen LogP contribution in [0.1, 0.15) is 27.4 Å². The first-order valence-corrected chi connectivity index (χ1v) is 9.31. The predicted molar refractivity (Wildman–Crippen MR) is 108 cm³/mol. The van der Waals surface area contributed by atoms with Crippen molar-refractivity contribution in [2.45, 2.75) is 20.4 Å². The summed E-state index contributed by atoms with van der Waals surface area (Å²) in [7, 11) is 0. The summed E-state index contributed by atoms with van der Waals surface area (Å²) in [5.41, 5.74) is 3.47. The maximum Gasteiger partial charge on any atom is 0.339 e. The highest BCUT2D eigenvalue weighted by molar-refractivity contribution is 6.04. The van der Waals surface area contributed by atoms with E-state index in [2.05, 4.69) is 15.5 Å². The zero-order valence-corrected chi connectivity index (χ0v) is 16.5. The van der Waals surface area contributed by atoms with Crippen LogP contribution in [0, 0.1) is 13.8 Å². The molecule has 0 saturated heterocycles. The zero-order valence-electron chi connectivity index (χ0n) is 16.5. The normalized spacial score (nSPS) is 10.9. The van der Waals surface area contributed by atoms with Gasteiger partial charge in [-0.25, -0.2) is 9.78 Å². The molecule has 0 radical (unpaired) electrons. The number of hydrogen-bond donors (Lipinski definition) is 1. The number of pyridine rings is 1. The second kappa shape index (κ2) is 8.20. The van der Waals surface area contributed by atoms with Crippen LogP contribution in [0.5, 0.6) is 0 Å². The molecule has 0 spiro atoms. The first-order valence-electron chi connectivity index (χ1n) is 9.31. The number of fused-ring (bicyclic) bond motifs is 1. The van der Waals surface area contributed by atoms with Gasteiger partial charge in [0, 0.05) is 5.56 Å². The number of benzene rings is 1. The van der Waals surface area contributed by atoms with Crippen LogP contribution in [0.2, 0.25) is 0 Å². The molecular formula is C22H19N3O5. The lowest BCUT2D eigenvalue weighted by atomic mass is 10.0. The van der Waals surface area contributed by atoms with E-state index in [0.717, 1.165) is 11.1 Å². The van der Waals surface area contributed by atoms with Crippen molar-refractivity contribution >= 4 is 23.0 Å². The van der Waals surface area contributed by atoms with Gasteiger partial charge in [0.1, 0.15) is 5.76 Å². The standard InChI is InChI=1S/C22H19N3O5/c1-13-5-7-15(8-6-13)18-10-17(20-14(2)25-30-21(20)24-18)22(27)29-12-19(26)23-11-16-4-3-9-28-16/h3-10H,11-12H2,1-2H3,(H,23,26). The monoisotopic (exact) mass is 405 g/mol. The molecule has 0 unspecified atom stereocenters. The average molecular weight is 405 g/mol. The van der Waals surface area contributed by atoms with E-state index in [1.807, 2.05) is 31.2 Å². The zero-order chi connectivity index (χ0) is 21.1. The summed E-state index contributed by atoms with van der Waals surface area (Å²) in [4.78, 5) is 29.2. The largest absolute Gasteiger partial charge is 0.467 e. The van der Waals surface area contributed by atoms with Crippen molar-refractivity contribution in [1.82, 2.24) is 15.5 Å². The molecule has 152 valence electrons. The van der Waals surface area contributed by atoms with Gasteiger partial charge in [0.25, 0.3) is 11.6 Å². The smallest absolute Gasteiger partial charge is 0.339 e. The minimum atomic E-state index is -0.657. The third-order valence-corrected chi connectivity index (χ3v) is 4.56. The molecule has 30 heavy (non-hydrogen) atoms. The molecular weight excluding hydrogens is 386 g/mol. The summed E-state index contributed by atoms with van der Waals surface area (Å²) in [6, 6.07) is 12.8. The van der Waals surface area contributed by atoms with E-state index in [0.29, 0.717) is 22.5 Å². The molecule has 0 saturated carbocycles. The van der Waals surface area contributed by atoms with Gasteiger partial charge in [0.2, 0.25) is 0 Å². The molecule has 0 atom stereocenters. The maximum atomic E-state index is 12.8. The molecule has 1 amide bonds. The molecule has 0 fully saturated rings. The van der Waals surface area contributed by atoms with Gasteiger partial charge < -0.3 is 19.0 Å². The molecule has 4 aromatic rings. The fourth-order valence-electron chi connectivity index (χ4n) is 2.99. The van der Waals surface area contributed by atoms with Crippen LogP contribution < -0.4 is 5.32 Å². The molecule has 1 aromatic carbocycles. The molecule has 8 nitrogen and oxygen atoms in total.